The largest absolute Gasteiger partial charge is 0.497 e. The topological polar surface area (TPSA) is 71.2 Å². The Labute approximate surface area is 158 Å². The lowest BCUT2D eigenvalue weighted by Crippen LogP contribution is -2.27. The molecule has 5 heteroatoms. The van der Waals surface area contributed by atoms with E-state index in [1.807, 2.05) is 54.7 Å². The van der Waals surface area contributed by atoms with Crippen LogP contribution in [0.3, 0.4) is 0 Å². The SMILES string of the molecule is COc1ccc2[nH]cc(CCNC(=O)CC(=O)/C=C/c3ccccc3)c2c1. The zero-order valence-electron chi connectivity index (χ0n) is 15.2. The molecule has 0 aliphatic carbocycles. The minimum atomic E-state index is -0.268. The number of aromatic amines is 1. The highest BCUT2D eigenvalue weighted by molar-refractivity contribution is 6.05. The third kappa shape index (κ3) is 5.07. The normalized spacial score (nSPS) is 11.0. The van der Waals surface area contributed by atoms with Gasteiger partial charge >= 0.3 is 0 Å². The number of nitrogens with one attached hydrogen (secondary N) is 2. The molecule has 0 saturated heterocycles. The predicted molar refractivity (Wildman–Crippen MR) is 107 cm³/mol. The molecule has 5 nitrogen and oxygen atoms in total. The van der Waals surface area contributed by atoms with Gasteiger partial charge < -0.3 is 15.0 Å². The second-order valence-corrected chi connectivity index (χ2v) is 6.21. The number of methoxy groups -OCH3 is 1. The fourth-order valence-corrected chi connectivity index (χ4v) is 2.86. The van der Waals surface area contributed by atoms with Gasteiger partial charge in [0.2, 0.25) is 5.91 Å². The molecular formula is C22H22N2O3. The van der Waals surface area contributed by atoms with Crippen molar-refractivity contribution >= 4 is 28.7 Å². The van der Waals surface area contributed by atoms with Gasteiger partial charge in [-0.15, -0.1) is 0 Å². The Hall–Kier alpha value is -3.34. The molecule has 0 fully saturated rings. The molecule has 0 spiro atoms. The van der Waals surface area contributed by atoms with Crippen LogP contribution in [-0.4, -0.2) is 30.3 Å². The van der Waals surface area contributed by atoms with Crippen molar-refractivity contribution < 1.29 is 14.3 Å². The maximum Gasteiger partial charge on any atom is 0.227 e. The van der Waals surface area contributed by atoms with Gasteiger partial charge in [0.05, 0.1) is 13.5 Å². The summed E-state index contributed by atoms with van der Waals surface area (Å²) in [4.78, 5) is 27.1. The molecule has 138 valence electrons. The number of hydrogen-bond acceptors (Lipinski definition) is 3. The molecule has 1 amide bonds. The number of benzene rings is 2. The van der Waals surface area contributed by atoms with Gasteiger partial charge in [-0.3, -0.25) is 9.59 Å². The number of ketones is 1. The summed E-state index contributed by atoms with van der Waals surface area (Å²) >= 11 is 0. The molecule has 0 radical (unpaired) electrons. The first-order valence-corrected chi connectivity index (χ1v) is 8.82. The van der Waals surface area contributed by atoms with Gasteiger partial charge in [-0.05, 0) is 41.8 Å². The molecule has 2 N–H and O–H groups in total. The standard InChI is InChI=1S/C22H22N2O3/c1-27-19-9-10-21-20(14-19)17(15-24-21)11-12-23-22(26)13-18(25)8-7-16-5-3-2-4-6-16/h2-10,14-15,24H,11-13H2,1H3,(H,23,26)/b8-7+. The van der Waals surface area contributed by atoms with Crippen molar-refractivity contribution in [3.63, 3.8) is 0 Å². The van der Waals surface area contributed by atoms with Crippen molar-refractivity contribution in [3.8, 4) is 5.75 Å². The summed E-state index contributed by atoms with van der Waals surface area (Å²) in [5, 5.41) is 3.88. The molecule has 0 bridgehead atoms. The first-order chi connectivity index (χ1) is 13.2. The van der Waals surface area contributed by atoms with Gasteiger partial charge in [-0.25, -0.2) is 0 Å². The first kappa shape index (κ1) is 18.5. The number of H-pyrrole nitrogens is 1. The summed E-state index contributed by atoms with van der Waals surface area (Å²) in [6.45, 7) is 0.471. The van der Waals surface area contributed by atoms with Gasteiger partial charge in [0.1, 0.15) is 5.75 Å². The highest BCUT2D eigenvalue weighted by atomic mass is 16.5. The Kier molecular flexibility index (Phi) is 6.05. The predicted octanol–water partition coefficient (Wildman–Crippen LogP) is 3.51. The van der Waals surface area contributed by atoms with E-state index < -0.39 is 0 Å². The Bertz CT molecular complexity index is 958. The quantitative estimate of drug-likeness (QED) is 0.476. The zero-order chi connectivity index (χ0) is 19.1. The van der Waals surface area contributed by atoms with E-state index in [1.54, 1.807) is 13.2 Å². The van der Waals surface area contributed by atoms with Crippen molar-refractivity contribution in [1.82, 2.24) is 10.3 Å². The van der Waals surface area contributed by atoms with E-state index >= 15 is 0 Å². The minimum absolute atomic E-state index is 0.148. The van der Waals surface area contributed by atoms with Gasteiger partial charge in [0, 0.05) is 23.6 Å². The van der Waals surface area contributed by atoms with Crippen LogP contribution in [0.25, 0.3) is 17.0 Å². The lowest BCUT2D eigenvalue weighted by atomic mass is 10.1. The van der Waals surface area contributed by atoms with Crippen LogP contribution in [0.5, 0.6) is 5.75 Å². The number of rotatable bonds is 8. The van der Waals surface area contributed by atoms with E-state index in [4.69, 9.17) is 4.74 Å². The minimum Gasteiger partial charge on any atom is -0.497 e. The summed E-state index contributed by atoms with van der Waals surface area (Å²) < 4.78 is 5.26. The Morgan fingerprint density at radius 1 is 1.15 bits per heavy atom. The van der Waals surface area contributed by atoms with Crippen molar-refractivity contribution in [2.24, 2.45) is 0 Å². The average Bonchev–Trinajstić information content (AvgIpc) is 3.09. The van der Waals surface area contributed by atoms with Crippen molar-refractivity contribution in [2.45, 2.75) is 12.8 Å². The number of allylic oxidation sites excluding steroid dienone is 1. The molecule has 27 heavy (non-hydrogen) atoms. The lowest BCUT2D eigenvalue weighted by Gasteiger charge is -2.04. The highest BCUT2D eigenvalue weighted by Gasteiger charge is 2.08. The number of carbonyl (C=O) groups is 2. The van der Waals surface area contributed by atoms with Gasteiger partial charge in [0.25, 0.3) is 0 Å². The molecule has 1 aromatic heterocycles. The number of hydrogen-bond donors (Lipinski definition) is 2. The second-order valence-electron chi connectivity index (χ2n) is 6.21. The molecular weight excluding hydrogens is 340 g/mol. The van der Waals surface area contributed by atoms with Crippen molar-refractivity contribution in [3.05, 3.63) is 71.9 Å². The smallest absolute Gasteiger partial charge is 0.227 e. The highest BCUT2D eigenvalue weighted by Crippen LogP contribution is 2.23. The van der Waals surface area contributed by atoms with Crippen LogP contribution in [0.2, 0.25) is 0 Å². The maximum absolute atomic E-state index is 12.0. The Morgan fingerprint density at radius 3 is 2.74 bits per heavy atom. The fourth-order valence-electron chi connectivity index (χ4n) is 2.86. The molecule has 0 aliphatic rings. The van der Waals surface area contributed by atoms with Crippen LogP contribution >= 0.6 is 0 Å². The second kappa shape index (κ2) is 8.85. The van der Waals surface area contributed by atoms with E-state index in [9.17, 15) is 9.59 Å². The van der Waals surface area contributed by atoms with Crippen LogP contribution in [0.4, 0.5) is 0 Å². The first-order valence-electron chi connectivity index (χ1n) is 8.82. The van der Waals surface area contributed by atoms with E-state index in [0.29, 0.717) is 13.0 Å². The molecule has 0 unspecified atom stereocenters. The van der Waals surface area contributed by atoms with Crippen LogP contribution in [-0.2, 0) is 16.0 Å². The summed E-state index contributed by atoms with van der Waals surface area (Å²) in [7, 11) is 1.64. The average molecular weight is 362 g/mol. The molecule has 0 saturated carbocycles. The van der Waals surface area contributed by atoms with Gasteiger partial charge in [-0.2, -0.15) is 0 Å². The summed E-state index contributed by atoms with van der Waals surface area (Å²) in [6.07, 6.45) is 5.62. The maximum atomic E-state index is 12.0. The molecule has 1 heterocycles. The summed E-state index contributed by atoms with van der Waals surface area (Å²) in [5.74, 6) is 0.312. The molecule has 2 aromatic carbocycles. The van der Waals surface area contributed by atoms with Crippen LogP contribution in [0.15, 0.2) is 60.8 Å². The van der Waals surface area contributed by atoms with Crippen LogP contribution < -0.4 is 10.1 Å². The van der Waals surface area contributed by atoms with Crippen molar-refractivity contribution in [2.75, 3.05) is 13.7 Å². The molecule has 0 aliphatic heterocycles. The summed E-state index contributed by atoms with van der Waals surface area (Å²) in [5.41, 5.74) is 3.05. The number of aromatic nitrogens is 1. The number of carbonyl (C=O) groups excluding carboxylic acids is 2. The van der Waals surface area contributed by atoms with E-state index in [-0.39, 0.29) is 18.1 Å². The Balaban J connectivity index is 1.48. The van der Waals surface area contributed by atoms with Gasteiger partial charge in [0.15, 0.2) is 5.78 Å². The third-order valence-electron chi connectivity index (χ3n) is 4.29. The van der Waals surface area contributed by atoms with E-state index in [0.717, 1.165) is 27.8 Å². The molecule has 0 atom stereocenters. The fraction of sp³-hybridized carbons (Fsp3) is 0.182. The van der Waals surface area contributed by atoms with Crippen LogP contribution in [0, 0.1) is 0 Å². The zero-order valence-corrected chi connectivity index (χ0v) is 15.2. The third-order valence-corrected chi connectivity index (χ3v) is 4.29. The van der Waals surface area contributed by atoms with E-state index in [1.165, 1.54) is 6.08 Å². The monoisotopic (exact) mass is 362 g/mol. The van der Waals surface area contributed by atoms with Crippen molar-refractivity contribution in [1.29, 1.82) is 0 Å². The number of amides is 1. The summed E-state index contributed by atoms with van der Waals surface area (Å²) in [6, 6.07) is 15.4. The lowest BCUT2D eigenvalue weighted by molar-refractivity contribution is -0.126. The number of fused-ring (bicyclic) bond motifs is 1. The Morgan fingerprint density at radius 2 is 1.96 bits per heavy atom. The molecule has 3 aromatic rings. The number of ether oxygens (including phenoxy) is 1. The van der Waals surface area contributed by atoms with Gasteiger partial charge in [-0.1, -0.05) is 36.4 Å². The molecule has 3 rings (SSSR count). The van der Waals surface area contributed by atoms with Crippen LogP contribution in [0.1, 0.15) is 17.5 Å². The van der Waals surface area contributed by atoms with E-state index in [2.05, 4.69) is 10.3 Å².